The first-order valence-electron chi connectivity index (χ1n) is 7.45. The first-order chi connectivity index (χ1) is 9.49. The monoisotopic (exact) mass is 286 g/mol. The molecular weight excluding hydrogens is 260 g/mol. The molecule has 5 nitrogen and oxygen atoms in total. The van der Waals surface area contributed by atoms with Gasteiger partial charge in [-0.2, -0.15) is 0 Å². The first-order valence-corrected chi connectivity index (χ1v) is 7.45. The molecule has 116 valence electrons. The Kier molecular flexibility index (Phi) is 7.59. The summed E-state index contributed by atoms with van der Waals surface area (Å²) < 4.78 is 10.5. The van der Waals surface area contributed by atoms with Crippen LogP contribution in [0.2, 0.25) is 0 Å². The van der Waals surface area contributed by atoms with Crippen LogP contribution in [0.3, 0.4) is 0 Å². The van der Waals surface area contributed by atoms with Crippen LogP contribution in [0.25, 0.3) is 0 Å². The quantitative estimate of drug-likeness (QED) is 0.694. The number of ether oxygens (including phenoxy) is 2. The number of carbonyl (C=O) groups is 2. The Morgan fingerprint density at radius 3 is 2.50 bits per heavy atom. The van der Waals surface area contributed by atoms with Crippen LogP contribution < -0.4 is 0 Å². The van der Waals surface area contributed by atoms with Gasteiger partial charge in [-0.3, -0.25) is 9.59 Å². The van der Waals surface area contributed by atoms with Gasteiger partial charge in [0.25, 0.3) is 0 Å². The number of aliphatic carboxylic acids is 1. The Morgan fingerprint density at radius 2 is 1.95 bits per heavy atom. The second-order valence-corrected chi connectivity index (χ2v) is 5.94. The second-order valence-electron chi connectivity index (χ2n) is 5.94. The van der Waals surface area contributed by atoms with Gasteiger partial charge in [-0.25, -0.2) is 0 Å². The minimum absolute atomic E-state index is 0.145. The third-order valence-corrected chi connectivity index (χ3v) is 3.62. The van der Waals surface area contributed by atoms with Gasteiger partial charge in [0.1, 0.15) is 0 Å². The van der Waals surface area contributed by atoms with E-state index in [1.54, 1.807) is 0 Å². The summed E-state index contributed by atoms with van der Waals surface area (Å²) in [6.45, 7) is 5.91. The summed E-state index contributed by atoms with van der Waals surface area (Å²) in [5, 5.41) is 8.85. The molecule has 0 aromatic carbocycles. The van der Waals surface area contributed by atoms with Gasteiger partial charge in [0, 0.05) is 13.2 Å². The Bertz CT molecular complexity index is 307. The van der Waals surface area contributed by atoms with Crippen molar-refractivity contribution in [2.75, 3.05) is 19.8 Å². The minimum Gasteiger partial charge on any atom is -0.481 e. The molecule has 1 atom stereocenters. The van der Waals surface area contributed by atoms with Crippen molar-refractivity contribution in [3.8, 4) is 0 Å². The molecule has 0 radical (unpaired) electrons. The molecule has 0 aromatic rings. The van der Waals surface area contributed by atoms with Gasteiger partial charge in [-0.15, -0.1) is 0 Å². The van der Waals surface area contributed by atoms with Crippen LogP contribution in [-0.2, 0) is 19.1 Å². The molecule has 1 N–H and O–H groups in total. The molecule has 1 aliphatic heterocycles. The largest absolute Gasteiger partial charge is 0.481 e. The Labute approximate surface area is 120 Å². The van der Waals surface area contributed by atoms with Crippen molar-refractivity contribution < 1.29 is 24.2 Å². The third-order valence-electron chi connectivity index (χ3n) is 3.62. The fourth-order valence-corrected chi connectivity index (χ4v) is 2.52. The summed E-state index contributed by atoms with van der Waals surface area (Å²) in [4.78, 5) is 22.7. The van der Waals surface area contributed by atoms with Crippen LogP contribution in [0.15, 0.2) is 0 Å². The molecule has 1 aliphatic rings. The molecule has 0 amide bonds. The third kappa shape index (κ3) is 6.89. The highest BCUT2D eigenvalue weighted by atomic mass is 16.5. The van der Waals surface area contributed by atoms with Crippen molar-refractivity contribution in [1.29, 1.82) is 0 Å². The summed E-state index contributed by atoms with van der Waals surface area (Å²) in [5.74, 6) is -1.01. The van der Waals surface area contributed by atoms with E-state index in [9.17, 15) is 9.59 Å². The highest BCUT2D eigenvalue weighted by Gasteiger charge is 2.24. The number of carboxylic acid groups (broad SMARTS) is 1. The molecule has 1 saturated heterocycles. The molecule has 0 unspecified atom stereocenters. The van der Waals surface area contributed by atoms with Crippen LogP contribution in [0.1, 0.15) is 46.0 Å². The van der Waals surface area contributed by atoms with E-state index in [1.807, 2.05) is 13.8 Å². The fraction of sp³-hybridized carbons (Fsp3) is 0.867. The van der Waals surface area contributed by atoms with Crippen molar-refractivity contribution >= 4 is 11.9 Å². The van der Waals surface area contributed by atoms with E-state index in [-0.39, 0.29) is 18.3 Å². The van der Waals surface area contributed by atoms with Crippen LogP contribution in [0.5, 0.6) is 0 Å². The lowest BCUT2D eigenvalue weighted by Crippen LogP contribution is -2.24. The Balaban J connectivity index is 2.30. The lowest BCUT2D eigenvalue weighted by atomic mass is 9.94. The Hall–Kier alpha value is -1.10. The number of hydrogen-bond acceptors (Lipinski definition) is 4. The van der Waals surface area contributed by atoms with Gasteiger partial charge in [-0.05, 0) is 37.5 Å². The average Bonchev–Trinajstić information content (AvgIpc) is 2.38. The van der Waals surface area contributed by atoms with Gasteiger partial charge in [0.2, 0.25) is 0 Å². The van der Waals surface area contributed by atoms with E-state index < -0.39 is 11.9 Å². The van der Waals surface area contributed by atoms with E-state index in [4.69, 9.17) is 14.6 Å². The predicted molar refractivity (Wildman–Crippen MR) is 74.3 cm³/mol. The van der Waals surface area contributed by atoms with Crippen LogP contribution in [0.4, 0.5) is 0 Å². The SMILES string of the molecule is CC(C)C[C@H](CC(=O)O)C(=O)OCCC1CCOCC1. The van der Waals surface area contributed by atoms with Crippen molar-refractivity contribution in [3.05, 3.63) is 0 Å². The maximum atomic E-state index is 11.9. The normalized spacial score (nSPS) is 17.9. The maximum Gasteiger partial charge on any atom is 0.309 e. The van der Waals surface area contributed by atoms with Gasteiger partial charge in [0.05, 0.1) is 18.9 Å². The van der Waals surface area contributed by atoms with Crippen molar-refractivity contribution in [2.45, 2.75) is 46.0 Å². The number of carbonyl (C=O) groups excluding carboxylic acids is 1. The zero-order valence-corrected chi connectivity index (χ0v) is 12.5. The summed E-state index contributed by atoms with van der Waals surface area (Å²) in [7, 11) is 0. The maximum absolute atomic E-state index is 11.9. The van der Waals surface area contributed by atoms with Crippen molar-refractivity contribution in [2.24, 2.45) is 17.8 Å². The van der Waals surface area contributed by atoms with Crippen LogP contribution >= 0.6 is 0 Å². The van der Waals surface area contributed by atoms with Gasteiger partial charge >= 0.3 is 11.9 Å². The molecule has 0 bridgehead atoms. The number of carboxylic acids is 1. The number of hydrogen-bond donors (Lipinski definition) is 1. The van der Waals surface area contributed by atoms with E-state index in [0.29, 0.717) is 18.9 Å². The molecule has 0 aromatic heterocycles. The summed E-state index contributed by atoms with van der Waals surface area (Å²) in [6.07, 6.45) is 3.29. The summed E-state index contributed by atoms with van der Waals surface area (Å²) in [5.41, 5.74) is 0. The van der Waals surface area contributed by atoms with Crippen molar-refractivity contribution in [3.63, 3.8) is 0 Å². The minimum atomic E-state index is -0.947. The summed E-state index contributed by atoms with van der Waals surface area (Å²) >= 11 is 0. The second kappa shape index (κ2) is 8.95. The Morgan fingerprint density at radius 1 is 1.30 bits per heavy atom. The van der Waals surface area contributed by atoms with Gasteiger partial charge in [0.15, 0.2) is 0 Å². The van der Waals surface area contributed by atoms with Crippen LogP contribution in [-0.4, -0.2) is 36.9 Å². The zero-order valence-electron chi connectivity index (χ0n) is 12.5. The number of esters is 1. The van der Waals surface area contributed by atoms with Gasteiger partial charge in [-0.1, -0.05) is 13.8 Å². The highest BCUT2D eigenvalue weighted by molar-refractivity contribution is 5.79. The molecule has 0 saturated carbocycles. The molecule has 0 spiro atoms. The lowest BCUT2D eigenvalue weighted by Gasteiger charge is -2.22. The molecule has 5 heteroatoms. The summed E-state index contributed by atoms with van der Waals surface area (Å²) in [6, 6.07) is 0. The van der Waals surface area contributed by atoms with E-state index in [1.165, 1.54) is 0 Å². The molecule has 1 heterocycles. The first kappa shape index (κ1) is 17.0. The highest BCUT2D eigenvalue weighted by Crippen LogP contribution is 2.20. The van der Waals surface area contributed by atoms with E-state index in [0.717, 1.165) is 32.5 Å². The molecular formula is C15H26O5. The number of rotatable bonds is 8. The molecule has 20 heavy (non-hydrogen) atoms. The molecule has 0 aliphatic carbocycles. The van der Waals surface area contributed by atoms with E-state index in [2.05, 4.69) is 0 Å². The average molecular weight is 286 g/mol. The van der Waals surface area contributed by atoms with Crippen molar-refractivity contribution in [1.82, 2.24) is 0 Å². The fourth-order valence-electron chi connectivity index (χ4n) is 2.52. The predicted octanol–water partition coefficient (Wildman–Crippen LogP) is 2.48. The molecule has 1 rings (SSSR count). The lowest BCUT2D eigenvalue weighted by molar-refractivity contribution is -0.154. The standard InChI is InChI=1S/C15H26O5/c1-11(2)9-13(10-14(16)17)15(18)20-8-5-12-3-6-19-7-4-12/h11-13H,3-10H2,1-2H3,(H,16,17)/t13-/m1/s1. The van der Waals surface area contributed by atoms with E-state index >= 15 is 0 Å². The van der Waals surface area contributed by atoms with Crippen LogP contribution in [0, 0.1) is 17.8 Å². The smallest absolute Gasteiger partial charge is 0.309 e. The van der Waals surface area contributed by atoms with Gasteiger partial charge < -0.3 is 14.6 Å². The molecule has 1 fully saturated rings. The topological polar surface area (TPSA) is 72.8 Å². The zero-order chi connectivity index (χ0) is 15.0.